The lowest BCUT2D eigenvalue weighted by molar-refractivity contribution is -0.122. The maximum atomic E-state index is 13.0. The van der Waals surface area contributed by atoms with E-state index in [-0.39, 0.29) is 17.7 Å². The first-order valence-electron chi connectivity index (χ1n) is 10.9. The summed E-state index contributed by atoms with van der Waals surface area (Å²) in [7, 11) is 0. The van der Waals surface area contributed by atoms with E-state index in [0.717, 1.165) is 37.3 Å². The number of hydrogen-bond donors (Lipinski definition) is 2. The lowest BCUT2D eigenvalue weighted by Crippen LogP contribution is -2.33. The molecule has 0 unspecified atom stereocenters. The summed E-state index contributed by atoms with van der Waals surface area (Å²) in [5.41, 5.74) is 1.20. The third-order valence-corrected chi connectivity index (χ3v) is 5.70. The average molecular weight is 448 g/mol. The van der Waals surface area contributed by atoms with Gasteiger partial charge in [-0.05, 0) is 57.0 Å². The van der Waals surface area contributed by atoms with Gasteiger partial charge in [-0.15, -0.1) is 11.6 Å². The number of unbranched alkanes of at least 4 members (excludes halogenated alkanes) is 1. The maximum absolute atomic E-state index is 13.0. The van der Waals surface area contributed by atoms with Crippen LogP contribution in [-0.4, -0.2) is 30.8 Å². The fourth-order valence-electron chi connectivity index (χ4n) is 2.99. The van der Waals surface area contributed by atoms with Gasteiger partial charge in [0.05, 0.1) is 29.5 Å². The Kier molecular flexibility index (Phi) is 9.44. The van der Waals surface area contributed by atoms with Crippen LogP contribution in [0.25, 0.3) is 0 Å². The van der Waals surface area contributed by atoms with E-state index in [9.17, 15) is 9.59 Å². The van der Waals surface area contributed by atoms with Gasteiger partial charge >= 0.3 is 0 Å². The molecule has 0 saturated heterocycles. The molecule has 2 aromatic rings. The molecular weight excluding hydrogens is 414 g/mol. The van der Waals surface area contributed by atoms with Gasteiger partial charge in [-0.25, -0.2) is 0 Å². The van der Waals surface area contributed by atoms with Crippen LogP contribution in [-0.2, 0) is 11.3 Å². The minimum Gasteiger partial charge on any atom is -0.467 e. The highest BCUT2D eigenvalue weighted by Crippen LogP contribution is 2.28. The maximum Gasteiger partial charge on any atom is 0.253 e. The van der Waals surface area contributed by atoms with Crippen molar-refractivity contribution in [1.82, 2.24) is 5.32 Å². The topological polar surface area (TPSA) is 74.6 Å². The Bertz CT molecular complexity index is 850. The molecule has 0 fully saturated rings. The quantitative estimate of drug-likeness (QED) is 0.425. The Morgan fingerprint density at radius 2 is 1.94 bits per heavy atom. The van der Waals surface area contributed by atoms with E-state index >= 15 is 0 Å². The molecule has 2 rings (SSSR count). The summed E-state index contributed by atoms with van der Waals surface area (Å²) in [6.07, 6.45) is 4.51. The normalized spacial score (nSPS) is 11.3. The number of furan rings is 1. The molecule has 0 spiro atoms. The van der Waals surface area contributed by atoms with E-state index in [2.05, 4.69) is 22.5 Å². The van der Waals surface area contributed by atoms with Crippen molar-refractivity contribution >= 4 is 34.8 Å². The molecule has 170 valence electrons. The number of amides is 2. The summed E-state index contributed by atoms with van der Waals surface area (Å²) in [4.78, 5) is 27.7. The average Bonchev–Trinajstić information content (AvgIpc) is 3.28. The number of rotatable bonds is 12. The van der Waals surface area contributed by atoms with E-state index in [0.29, 0.717) is 24.3 Å². The molecular formula is C24H34ClN3O3. The minimum atomic E-state index is -0.711. The smallest absolute Gasteiger partial charge is 0.253 e. The van der Waals surface area contributed by atoms with Crippen LogP contribution < -0.4 is 15.5 Å². The molecule has 2 N–H and O–H groups in total. The Balaban J connectivity index is 2.40. The summed E-state index contributed by atoms with van der Waals surface area (Å²) < 4.78 is 5.55. The van der Waals surface area contributed by atoms with Crippen molar-refractivity contribution in [1.29, 1.82) is 0 Å². The van der Waals surface area contributed by atoms with Crippen LogP contribution in [0.2, 0.25) is 0 Å². The summed E-state index contributed by atoms with van der Waals surface area (Å²) in [5, 5.41) is 5.86. The molecule has 31 heavy (non-hydrogen) atoms. The number of carbonyl (C=O) groups excluding carboxylic acids is 2. The van der Waals surface area contributed by atoms with Crippen LogP contribution in [0.15, 0.2) is 41.0 Å². The molecule has 1 aromatic heterocycles. The molecule has 0 aliphatic heterocycles. The molecule has 0 aliphatic carbocycles. The molecule has 1 heterocycles. The van der Waals surface area contributed by atoms with E-state index in [1.165, 1.54) is 0 Å². The van der Waals surface area contributed by atoms with Crippen LogP contribution in [0, 0.1) is 5.41 Å². The molecule has 0 aliphatic rings. The zero-order valence-corrected chi connectivity index (χ0v) is 19.7. The van der Waals surface area contributed by atoms with E-state index in [4.69, 9.17) is 16.0 Å². The number of nitrogens with zero attached hydrogens (tertiary/aromatic N) is 1. The zero-order valence-electron chi connectivity index (χ0n) is 19.0. The van der Waals surface area contributed by atoms with Crippen molar-refractivity contribution in [2.45, 2.75) is 53.5 Å². The molecule has 0 radical (unpaired) electrons. The predicted molar refractivity (Wildman–Crippen MR) is 127 cm³/mol. The summed E-state index contributed by atoms with van der Waals surface area (Å²) in [5.74, 6) is 0.686. The van der Waals surface area contributed by atoms with Crippen LogP contribution in [0.4, 0.5) is 11.4 Å². The van der Waals surface area contributed by atoms with Gasteiger partial charge in [0.15, 0.2) is 0 Å². The largest absolute Gasteiger partial charge is 0.467 e. The number of nitrogens with one attached hydrogen (secondary N) is 2. The van der Waals surface area contributed by atoms with Gasteiger partial charge in [-0.3, -0.25) is 9.59 Å². The van der Waals surface area contributed by atoms with Gasteiger partial charge in [0.25, 0.3) is 5.91 Å². The van der Waals surface area contributed by atoms with Crippen LogP contribution in [0.5, 0.6) is 0 Å². The standard InChI is InChI=1S/C24H34ClN3O3/c1-5-7-13-28(16-19-9-8-14-31-19)21-11-10-18(27-23(30)24(3,4)17-25)15-20(21)22(29)26-12-6-2/h8-11,14-15H,5-7,12-13,16-17H2,1-4H3,(H,26,29)(H,27,30). The second-order valence-corrected chi connectivity index (χ2v) is 8.58. The lowest BCUT2D eigenvalue weighted by Gasteiger charge is -2.27. The fourth-order valence-corrected chi connectivity index (χ4v) is 3.11. The van der Waals surface area contributed by atoms with Crippen LogP contribution in [0.1, 0.15) is 63.1 Å². The van der Waals surface area contributed by atoms with Gasteiger partial charge in [0.2, 0.25) is 5.91 Å². The summed E-state index contributed by atoms with van der Waals surface area (Å²) in [6, 6.07) is 9.25. The second-order valence-electron chi connectivity index (χ2n) is 8.31. The molecule has 2 amide bonds. The van der Waals surface area contributed by atoms with E-state index in [1.807, 2.05) is 31.2 Å². The SMILES string of the molecule is CCCCN(Cc1ccco1)c1ccc(NC(=O)C(C)(C)CCl)cc1C(=O)NCCC. The first-order chi connectivity index (χ1) is 14.8. The Labute approximate surface area is 190 Å². The number of anilines is 2. The Morgan fingerprint density at radius 1 is 1.16 bits per heavy atom. The van der Waals surface area contributed by atoms with Crippen LogP contribution >= 0.6 is 11.6 Å². The first kappa shape index (κ1) is 24.8. The van der Waals surface area contributed by atoms with Crippen molar-refractivity contribution in [3.8, 4) is 0 Å². The predicted octanol–water partition coefficient (Wildman–Crippen LogP) is 5.43. The molecule has 7 heteroatoms. The van der Waals surface area contributed by atoms with Gasteiger partial charge in [-0.2, -0.15) is 0 Å². The fraction of sp³-hybridized carbons (Fsp3) is 0.500. The van der Waals surface area contributed by atoms with Crippen molar-refractivity contribution in [3.63, 3.8) is 0 Å². The van der Waals surface area contributed by atoms with Gasteiger partial charge in [0.1, 0.15) is 5.76 Å². The summed E-state index contributed by atoms with van der Waals surface area (Å²) in [6.45, 7) is 9.65. The van der Waals surface area contributed by atoms with Crippen LogP contribution in [0.3, 0.4) is 0 Å². The van der Waals surface area contributed by atoms with Crippen molar-refractivity contribution in [3.05, 3.63) is 47.9 Å². The first-order valence-corrected chi connectivity index (χ1v) is 11.4. The molecule has 1 aromatic carbocycles. The monoisotopic (exact) mass is 447 g/mol. The highest BCUT2D eigenvalue weighted by Gasteiger charge is 2.27. The van der Waals surface area contributed by atoms with Crippen molar-refractivity contribution < 1.29 is 14.0 Å². The summed E-state index contributed by atoms with van der Waals surface area (Å²) >= 11 is 5.94. The third-order valence-electron chi connectivity index (χ3n) is 5.03. The highest BCUT2D eigenvalue weighted by atomic mass is 35.5. The number of halogens is 1. The number of carbonyl (C=O) groups is 2. The van der Waals surface area contributed by atoms with Gasteiger partial charge < -0.3 is 20.0 Å². The Morgan fingerprint density at radius 3 is 2.55 bits per heavy atom. The van der Waals surface area contributed by atoms with E-state index in [1.54, 1.807) is 26.2 Å². The number of hydrogen-bond acceptors (Lipinski definition) is 4. The number of benzene rings is 1. The molecule has 0 saturated carbocycles. The Hall–Kier alpha value is -2.47. The molecule has 0 bridgehead atoms. The zero-order chi connectivity index (χ0) is 22.9. The highest BCUT2D eigenvalue weighted by molar-refractivity contribution is 6.20. The van der Waals surface area contributed by atoms with Gasteiger partial charge in [0, 0.05) is 24.7 Å². The molecule has 6 nitrogen and oxygen atoms in total. The van der Waals surface area contributed by atoms with E-state index < -0.39 is 5.41 Å². The third kappa shape index (κ3) is 7.03. The van der Waals surface area contributed by atoms with Crippen molar-refractivity contribution in [2.24, 2.45) is 5.41 Å². The van der Waals surface area contributed by atoms with Gasteiger partial charge in [-0.1, -0.05) is 20.3 Å². The molecule has 0 atom stereocenters. The number of alkyl halides is 1. The lowest BCUT2D eigenvalue weighted by atomic mass is 9.95. The van der Waals surface area contributed by atoms with Crippen molar-refractivity contribution in [2.75, 3.05) is 29.2 Å². The minimum absolute atomic E-state index is 0.162. The second kappa shape index (κ2) is 11.8.